The number of rotatable bonds is 10. The summed E-state index contributed by atoms with van der Waals surface area (Å²) in [7, 11) is -3.87. The van der Waals surface area contributed by atoms with Crippen LogP contribution in [-0.2, 0) is 19.4 Å². The van der Waals surface area contributed by atoms with E-state index < -0.39 is 27.7 Å². The van der Waals surface area contributed by atoms with Crippen LogP contribution in [0.3, 0.4) is 0 Å². The van der Waals surface area contributed by atoms with Gasteiger partial charge in [0.05, 0.1) is 5.25 Å². The third-order valence-electron chi connectivity index (χ3n) is 5.21. The molecule has 1 atom stereocenters. The van der Waals surface area contributed by atoms with Crippen molar-refractivity contribution in [1.29, 1.82) is 0 Å². The van der Waals surface area contributed by atoms with Crippen LogP contribution in [0.2, 0.25) is 0 Å². The second-order valence-electron chi connectivity index (χ2n) is 7.28. The number of aliphatic carboxylic acids is 1. The normalized spacial score (nSPS) is 12.8. The number of sulfone groups is 1. The summed E-state index contributed by atoms with van der Waals surface area (Å²) in [6.07, 6.45) is 1.48. The number of nitrogens with zero attached hydrogens (tertiary/aromatic N) is 1. The Balaban J connectivity index is 2.50. The van der Waals surface area contributed by atoms with Gasteiger partial charge in [-0.1, -0.05) is 36.4 Å². The van der Waals surface area contributed by atoms with Gasteiger partial charge in [-0.05, 0) is 56.5 Å². The Hall–Kier alpha value is -3.13. The standard InChI is InChI=1S/C24H29NO6S/c1-5-25(6-2)23(26)14-17(3)20-12-13-22(21(15-20)31-16-24(27)28)32(29,30)18(4)19-10-8-7-9-11-19/h7-15,18H,5-6,16H2,1-4H3,(H,27,28)/b17-14-. The first kappa shape index (κ1) is 25.1. The molecule has 2 aromatic carbocycles. The zero-order valence-electron chi connectivity index (χ0n) is 18.7. The molecule has 172 valence electrons. The molecule has 1 unspecified atom stereocenters. The fourth-order valence-electron chi connectivity index (χ4n) is 3.23. The van der Waals surface area contributed by atoms with Crippen molar-refractivity contribution in [3.05, 3.63) is 65.7 Å². The second-order valence-corrected chi connectivity index (χ2v) is 9.52. The SMILES string of the molecule is CCN(CC)C(=O)/C=C(/C)c1ccc(S(=O)(=O)C(C)c2ccccc2)c(OCC(=O)O)c1. The summed E-state index contributed by atoms with van der Waals surface area (Å²) >= 11 is 0. The van der Waals surface area contributed by atoms with Crippen molar-refractivity contribution < 1.29 is 27.9 Å². The molecule has 0 saturated carbocycles. The smallest absolute Gasteiger partial charge is 0.341 e. The van der Waals surface area contributed by atoms with E-state index in [4.69, 9.17) is 9.84 Å². The average molecular weight is 460 g/mol. The topological polar surface area (TPSA) is 101 Å². The van der Waals surface area contributed by atoms with E-state index in [1.54, 1.807) is 55.1 Å². The molecule has 2 rings (SSSR count). The number of amides is 1. The molecule has 0 aliphatic heterocycles. The Morgan fingerprint density at radius 3 is 2.28 bits per heavy atom. The molecule has 1 amide bonds. The number of likely N-dealkylation sites (N-methyl/N-ethyl adjacent to an activating group) is 1. The number of hydrogen-bond acceptors (Lipinski definition) is 5. The maximum Gasteiger partial charge on any atom is 0.341 e. The summed E-state index contributed by atoms with van der Waals surface area (Å²) in [6.45, 7) is 7.53. The molecule has 0 aromatic heterocycles. The highest BCUT2D eigenvalue weighted by molar-refractivity contribution is 7.91. The summed E-state index contributed by atoms with van der Waals surface area (Å²) < 4.78 is 32.0. The summed E-state index contributed by atoms with van der Waals surface area (Å²) in [6, 6.07) is 13.2. The molecular formula is C24H29NO6S. The predicted molar refractivity (Wildman–Crippen MR) is 123 cm³/mol. The zero-order valence-corrected chi connectivity index (χ0v) is 19.6. The van der Waals surface area contributed by atoms with E-state index in [-0.39, 0.29) is 16.6 Å². The molecule has 0 saturated heterocycles. The molecule has 32 heavy (non-hydrogen) atoms. The first-order valence-electron chi connectivity index (χ1n) is 10.4. The molecule has 0 heterocycles. The highest BCUT2D eigenvalue weighted by Crippen LogP contribution is 2.35. The van der Waals surface area contributed by atoms with Crippen LogP contribution in [0.15, 0.2) is 59.5 Å². The van der Waals surface area contributed by atoms with Gasteiger partial charge in [-0.2, -0.15) is 0 Å². The number of benzene rings is 2. The van der Waals surface area contributed by atoms with E-state index >= 15 is 0 Å². The monoisotopic (exact) mass is 459 g/mol. The number of carboxylic acid groups (broad SMARTS) is 1. The molecule has 0 fully saturated rings. The minimum Gasteiger partial charge on any atom is -0.481 e. The van der Waals surface area contributed by atoms with Crippen molar-refractivity contribution in [1.82, 2.24) is 4.90 Å². The molecule has 1 N–H and O–H groups in total. The molecule has 7 nitrogen and oxygen atoms in total. The lowest BCUT2D eigenvalue weighted by Gasteiger charge is -2.18. The van der Waals surface area contributed by atoms with Crippen LogP contribution < -0.4 is 4.74 Å². The third-order valence-corrected chi connectivity index (χ3v) is 7.36. The Morgan fingerprint density at radius 2 is 1.72 bits per heavy atom. The average Bonchev–Trinajstić information content (AvgIpc) is 2.78. The van der Waals surface area contributed by atoms with E-state index in [1.807, 2.05) is 13.8 Å². The van der Waals surface area contributed by atoms with Crippen molar-refractivity contribution in [2.45, 2.75) is 37.8 Å². The van der Waals surface area contributed by atoms with Crippen LogP contribution in [-0.4, -0.2) is 50.0 Å². The van der Waals surface area contributed by atoms with Gasteiger partial charge in [0.2, 0.25) is 5.91 Å². The van der Waals surface area contributed by atoms with Crippen molar-refractivity contribution in [3.8, 4) is 5.75 Å². The largest absolute Gasteiger partial charge is 0.481 e. The molecule has 0 aliphatic carbocycles. The van der Waals surface area contributed by atoms with Crippen molar-refractivity contribution in [3.63, 3.8) is 0 Å². The first-order valence-corrected chi connectivity index (χ1v) is 11.9. The summed E-state index contributed by atoms with van der Waals surface area (Å²) in [5.74, 6) is -1.44. The fourth-order valence-corrected chi connectivity index (χ4v) is 4.78. The van der Waals surface area contributed by atoms with Gasteiger partial charge in [-0.15, -0.1) is 0 Å². The summed E-state index contributed by atoms with van der Waals surface area (Å²) in [5.41, 5.74) is 1.79. The third kappa shape index (κ3) is 5.97. The van der Waals surface area contributed by atoms with Gasteiger partial charge in [0.1, 0.15) is 10.6 Å². The van der Waals surface area contributed by atoms with Crippen LogP contribution in [0.1, 0.15) is 44.1 Å². The Labute approximate surface area is 189 Å². The van der Waals surface area contributed by atoms with Crippen LogP contribution in [0, 0.1) is 0 Å². The highest BCUT2D eigenvalue weighted by Gasteiger charge is 2.28. The lowest BCUT2D eigenvalue weighted by atomic mass is 10.1. The van der Waals surface area contributed by atoms with Crippen LogP contribution in [0.4, 0.5) is 0 Å². The minimum absolute atomic E-state index is 0.0595. The van der Waals surface area contributed by atoms with Crippen LogP contribution in [0.25, 0.3) is 5.57 Å². The Morgan fingerprint density at radius 1 is 1.09 bits per heavy atom. The molecule has 0 radical (unpaired) electrons. The number of carbonyl (C=O) groups is 2. The lowest BCUT2D eigenvalue weighted by molar-refractivity contribution is -0.139. The zero-order chi connectivity index (χ0) is 23.9. The van der Waals surface area contributed by atoms with Gasteiger partial charge >= 0.3 is 5.97 Å². The van der Waals surface area contributed by atoms with Gasteiger partial charge in [0.15, 0.2) is 16.4 Å². The van der Waals surface area contributed by atoms with E-state index in [9.17, 15) is 18.0 Å². The number of carboxylic acids is 1. The number of hydrogen-bond donors (Lipinski definition) is 1. The second kappa shape index (κ2) is 10.9. The van der Waals surface area contributed by atoms with Gasteiger partial charge in [-0.3, -0.25) is 4.79 Å². The van der Waals surface area contributed by atoms with Gasteiger partial charge < -0.3 is 14.7 Å². The summed E-state index contributed by atoms with van der Waals surface area (Å²) in [4.78, 5) is 25.0. The molecule has 8 heteroatoms. The number of ether oxygens (including phenoxy) is 1. The Kier molecular flexibility index (Phi) is 8.60. The minimum atomic E-state index is -3.87. The van der Waals surface area contributed by atoms with Crippen molar-refractivity contribution in [2.24, 2.45) is 0 Å². The molecule has 0 aliphatic rings. The van der Waals surface area contributed by atoms with Gasteiger partial charge in [0.25, 0.3) is 0 Å². The van der Waals surface area contributed by atoms with E-state index in [0.717, 1.165) is 0 Å². The highest BCUT2D eigenvalue weighted by atomic mass is 32.2. The molecule has 2 aromatic rings. The quantitative estimate of drug-likeness (QED) is 0.540. The van der Waals surface area contributed by atoms with Gasteiger partial charge in [0, 0.05) is 19.2 Å². The Bertz CT molecular complexity index is 1090. The van der Waals surface area contributed by atoms with Crippen molar-refractivity contribution in [2.75, 3.05) is 19.7 Å². The van der Waals surface area contributed by atoms with Crippen LogP contribution in [0.5, 0.6) is 5.75 Å². The van der Waals surface area contributed by atoms with E-state index in [2.05, 4.69) is 0 Å². The molecule has 0 spiro atoms. The van der Waals surface area contributed by atoms with Crippen LogP contribution >= 0.6 is 0 Å². The molecular weight excluding hydrogens is 430 g/mol. The number of carbonyl (C=O) groups excluding carboxylic acids is 1. The maximum atomic E-state index is 13.3. The van der Waals surface area contributed by atoms with E-state index in [1.165, 1.54) is 18.2 Å². The first-order chi connectivity index (χ1) is 15.1. The molecule has 0 bridgehead atoms. The predicted octanol–water partition coefficient (Wildman–Crippen LogP) is 3.96. The number of allylic oxidation sites excluding steroid dienone is 1. The van der Waals surface area contributed by atoms with Crippen molar-refractivity contribution >= 4 is 27.3 Å². The maximum absolute atomic E-state index is 13.3. The fraction of sp³-hybridized carbons (Fsp3) is 0.333. The lowest BCUT2D eigenvalue weighted by Crippen LogP contribution is -2.28. The van der Waals surface area contributed by atoms with Gasteiger partial charge in [-0.25, -0.2) is 13.2 Å². The van der Waals surface area contributed by atoms with E-state index in [0.29, 0.717) is 29.8 Å². The summed E-state index contributed by atoms with van der Waals surface area (Å²) in [5, 5.41) is 8.17.